The third-order valence-electron chi connectivity index (χ3n) is 2.93. The van der Waals surface area contributed by atoms with Crippen LogP contribution in [-0.2, 0) is 21.9 Å². The van der Waals surface area contributed by atoms with Gasteiger partial charge in [-0.3, -0.25) is 4.79 Å². The van der Waals surface area contributed by atoms with E-state index >= 15 is 0 Å². The molecule has 0 radical (unpaired) electrons. The molecule has 0 aliphatic rings. The first-order chi connectivity index (χ1) is 10.1. The monoisotopic (exact) mass is 320 g/mol. The molecule has 0 fully saturated rings. The van der Waals surface area contributed by atoms with Crippen LogP contribution in [0.2, 0.25) is 5.02 Å². The summed E-state index contributed by atoms with van der Waals surface area (Å²) in [6, 6.07) is 14.3. The van der Waals surface area contributed by atoms with Gasteiger partial charge in [-0.05, 0) is 24.1 Å². The molecule has 0 N–H and O–H groups in total. The first-order valence-electron chi connectivity index (χ1n) is 6.65. The smallest absolute Gasteiger partial charge is 0.302 e. The van der Waals surface area contributed by atoms with Gasteiger partial charge in [-0.2, -0.15) is 0 Å². The molecule has 0 atom stereocenters. The molecule has 2 rings (SSSR count). The van der Waals surface area contributed by atoms with E-state index in [1.807, 2.05) is 31.2 Å². The molecular formula is C17H17ClO2S. The summed E-state index contributed by atoms with van der Waals surface area (Å²) >= 11 is 8.11. The minimum atomic E-state index is -0.300. The molecule has 0 spiro atoms. The summed E-state index contributed by atoms with van der Waals surface area (Å²) in [4.78, 5) is 12.0. The number of benzene rings is 2. The van der Waals surface area contributed by atoms with E-state index < -0.39 is 0 Å². The largest absolute Gasteiger partial charge is 0.461 e. The Labute approximate surface area is 134 Å². The highest BCUT2D eigenvalue weighted by Crippen LogP contribution is 2.33. The third kappa shape index (κ3) is 4.80. The first-order valence-corrected chi connectivity index (χ1v) is 8.01. The van der Waals surface area contributed by atoms with Gasteiger partial charge in [0.05, 0.1) is 5.02 Å². The van der Waals surface area contributed by atoms with Crippen molar-refractivity contribution in [1.29, 1.82) is 0 Å². The van der Waals surface area contributed by atoms with Crippen molar-refractivity contribution in [2.24, 2.45) is 0 Å². The fourth-order valence-electron chi connectivity index (χ4n) is 1.93. The van der Waals surface area contributed by atoms with Crippen molar-refractivity contribution in [1.82, 2.24) is 0 Å². The molecule has 0 heterocycles. The Hall–Kier alpha value is -1.45. The van der Waals surface area contributed by atoms with Crippen molar-refractivity contribution in [3.63, 3.8) is 0 Å². The predicted molar refractivity (Wildman–Crippen MR) is 87.7 cm³/mol. The number of hydrogen-bond donors (Lipinski definition) is 0. The van der Waals surface area contributed by atoms with E-state index in [1.54, 1.807) is 11.8 Å². The average molecular weight is 321 g/mol. The predicted octanol–water partition coefficient (Wildman–Crippen LogP) is 5.00. The van der Waals surface area contributed by atoms with Crippen molar-refractivity contribution in [2.45, 2.75) is 31.1 Å². The molecule has 0 aromatic heterocycles. The van der Waals surface area contributed by atoms with Gasteiger partial charge in [0.1, 0.15) is 6.61 Å². The van der Waals surface area contributed by atoms with Gasteiger partial charge in [-0.25, -0.2) is 0 Å². The number of halogens is 1. The maximum absolute atomic E-state index is 10.9. The lowest BCUT2D eigenvalue weighted by Gasteiger charge is -2.11. The molecule has 0 aliphatic carbocycles. The highest BCUT2D eigenvalue weighted by molar-refractivity contribution is 7.98. The van der Waals surface area contributed by atoms with E-state index in [4.69, 9.17) is 16.3 Å². The van der Waals surface area contributed by atoms with Gasteiger partial charge in [0.25, 0.3) is 0 Å². The molecule has 0 saturated carbocycles. The summed E-state index contributed by atoms with van der Waals surface area (Å²) in [6.45, 7) is 3.63. The molecule has 0 saturated heterocycles. The highest BCUT2D eigenvalue weighted by atomic mass is 35.5. The van der Waals surface area contributed by atoms with Crippen molar-refractivity contribution in [2.75, 3.05) is 0 Å². The standard InChI is InChI=1S/C17H17ClO2S/c1-12-8-15(10-20-13(2)19)17(18)16(9-12)21-11-14-6-4-3-5-7-14/h3-9H,10-11H2,1-2H3. The van der Waals surface area contributed by atoms with Gasteiger partial charge in [0.15, 0.2) is 0 Å². The van der Waals surface area contributed by atoms with Crippen LogP contribution in [0.5, 0.6) is 0 Å². The quantitative estimate of drug-likeness (QED) is 0.572. The number of ether oxygens (including phenoxy) is 1. The number of hydrogen-bond acceptors (Lipinski definition) is 3. The number of rotatable bonds is 5. The second-order valence-corrected chi connectivity index (χ2v) is 6.19. The summed E-state index contributed by atoms with van der Waals surface area (Å²) in [7, 11) is 0. The molecule has 0 aliphatic heterocycles. The minimum Gasteiger partial charge on any atom is -0.461 e. The van der Waals surface area contributed by atoms with Crippen molar-refractivity contribution >= 4 is 29.3 Å². The zero-order valence-electron chi connectivity index (χ0n) is 12.1. The summed E-state index contributed by atoms with van der Waals surface area (Å²) in [5, 5.41) is 0.669. The Morgan fingerprint density at radius 2 is 1.95 bits per heavy atom. The number of carbonyl (C=O) groups is 1. The Morgan fingerprint density at radius 3 is 2.62 bits per heavy atom. The van der Waals surface area contributed by atoms with Crippen LogP contribution in [0.15, 0.2) is 47.4 Å². The van der Waals surface area contributed by atoms with Crippen LogP contribution >= 0.6 is 23.4 Å². The average Bonchev–Trinajstić information content (AvgIpc) is 2.47. The van der Waals surface area contributed by atoms with Crippen molar-refractivity contribution < 1.29 is 9.53 Å². The molecule has 2 aromatic carbocycles. The van der Waals surface area contributed by atoms with Gasteiger partial charge in [0.2, 0.25) is 0 Å². The molecule has 0 bridgehead atoms. The van der Waals surface area contributed by atoms with Crippen LogP contribution < -0.4 is 0 Å². The summed E-state index contributed by atoms with van der Waals surface area (Å²) in [5.74, 6) is 0.558. The van der Waals surface area contributed by atoms with Gasteiger partial charge >= 0.3 is 5.97 Å². The molecule has 0 amide bonds. The number of aryl methyl sites for hydroxylation is 1. The molecule has 110 valence electrons. The Bertz CT molecular complexity index is 626. The van der Waals surface area contributed by atoms with Crippen molar-refractivity contribution in [3.8, 4) is 0 Å². The Balaban J connectivity index is 2.13. The number of carbonyl (C=O) groups excluding carboxylic acids is 1. The fraction of sp³-hybridized carbons (Fsp3) is 0.235. The fourth-order valence-corrected chi connectivity index (χ4v) is 3.30. The van der Waals surface area contributed by atoms with E-state index in [0.717, 1.165) is 21.8 Å². The minimum absolute atomic E-state index is 0.217. The highest BCUT2D eigenvalue weighted by Gasteiger charge is 2.10. The molecule has 2 nitrogen and oxygen atoms in total. The third-order valence-corrected chi connectivity index (χ3v) is 4.60. The Morgan fingerprint density at radius 1 is 1.24 bits per heavy atom. The Kier molecular flexibility index (Phi) is 5.71. The normalized spacial score (nSPS) is 10.4. The molecule has 4 heteroatoms. The SMILES string of the molecule is CC(=O)OCc1cc(C)cc(SCc2ccccc2)c1Cl. The maximum Gasteiger partial charge on any atom is 0.302 e. The van der Waals surface area contributed by atoms with Crippen LogP contribution in [0.25, 0.3) is 0 Å². The lowest BCUT2D eigenvalue weighted by molar-refractivity contribution is -0.142. The van der Waals surface area contributed by atoms with Gasteiger partial charge < -0.3 is 4.74 Å². The van der Waals surface area contributed by atoms with Crippen LogP contribution in [0.1, 0.15) is 23.6 Å². The first kappa shape index (κ1) is 15.9. The lowest BCUT2D eigenvalue weighted by Crippen LogP contribution is -2.00. The number of esters is 1. The van der Waals surface area contributed by atoms with Crippen LogP contribution in [0.3, 0.4) is 0 Å². The number of thioether (sulfide) groups is 1. The zero-order valence-corrected chi connectivity index (χ0v) is 13.6. The maximum atomic E-state index is 10.9. The second kappa shape index (κ2) is 7.53. The summed E-state index contributed by atoms with van der Waals surface area (Å²) in [5.41, 5.74) is 3.21. The zero-order chi connectivity index (χ0) is 15.2. The molecule has 0 unspecified atom stereocenters. The van der Waals surface area contributed by atoms with E-state index in [-0.39, 0.29) is 12.6 Å². The summed E-state index contributed by atoms with van der Waals surface area (Å²) in [6.07, 6.45) is 0. The molecular weight excluding hydrogens is 304 g/mol. The summed E-state index contributed by atoms with van der Waals surface area (Å²) < 4.78 is 5.05. The van der Waals surface area contributed by atoms with Crippen LogP contribution in [-0.4, -0.2) is 5.97 Å². The van der Waals surface area contributed by atoms with Gasteiger partial charge in [-0.15, -0.1) is 11.8 Å². The topological polar surface area (TPSA) is 26.3 Å². The van der Waals surface area contributed by atoms with E-state index in [0.29, 0.717) is 5.02 Å². The van der Waals surface area contributed by atoms with Crippen molar-refractivity contribution in [3.05, 3.63) is 64.2 Å². The molecule has 21 heavy (non-hydrogen) atoms. The van der Waals surface area contributed by atoms with Gasteiger partial charge in [0, 0.05) is 23.1 Å². The van der Waals surface area contributed by atoms with Crippen LogP contribution in [0.4, 0.5) is 0 Å². The van der Waals surface area contributed by atoms with Crippen LogP contribution in [0, 0.1) is 6.92 Å². The van der Waals surface area contributed by atoms with E-state index in [2.05, 4.69) is 18.2 Å². The van der Waals surface area contributed by atoms with E-state index in [9.17, 15) is 4.79 Å². The second-order valence-electron chi connectivity index (χ2n) is 4.79. The van der Waals surface area contributed by atoms with Gasteiger partial charge in [-0.1, -0.05) is 48.0 Å². The molecule has 2 aromatic rings. The van der Waals surface area contributed by atoms with E-state index in [1.165, 1.54) is 12.5 Å². The lowest BCUT2D eigenvalue weighted by atomic mass is 10.1.